The second kappa shape index (κ2) is 3.79. The molecule has 0 aliphatic heterocycles. The number of rotatable bonds is 3. The Morgan fingerprint density at radius 3 is 1.93 bits per heavy atom. The lowest BCUT2D eigenvalue weighted by molar-refractivity contribution is -0.208. The standard InChI is InChI=1S/C15H28/c1-7-8(2)9(3)13-12(6)14-10(4)11(5)15(13)14/h8-15H,7H2,1-6H3. The smallest absolute Gasteiger partial charge is 0.0318 e. The zero-order valence-electron chi connectivity index (χ0n) is 11.3. The molecule has 0 radical (unpaired) electrons. The fourth-order valence-electron chi connectivity index (χ4n) is 4.74. The first-order chi connectivity index (χ1) is 7.00. The summed E-state index contributed by atoms with van der Waals surface area (Å²) >= 11 is 0. The van der Waals surface area contributed by atoms with E-state index in [1.54, 1.807) is 0 Å². The van der Waals surface area contributed by atoms with Crippen molar-refractivity contribution >= 4 is 0 Å². The zero-order chi connectivity index (χ0) is 11.3. The molecule has 8 unspecified atom stereocenters. The van der Waals surface area contributed by atoms with Crippen LogP contribution in [0.25, 0.3) is 0 Å². The Morgan fingerprint density at radius 2 is 1.40 bits per heavy atom. The van der Waals surface area contributed by atoms with Crippen LogP contribution >= 0.6 is 0 Å². The summed E-state index contributed by atoms with van der Waals surface area (Å²) in [5, 5.41) is 0. The summed E-state index contributed by atoms with van der Waals surface area (Å²) in [4.78, 5) is 0. The van der Waals surface area contributed by atoms with Crippen molar-refractivity contribution in [2.45, 2.75) is 48.0 Å². The van der Waals surface area contributed by atoms with Gasteiger partial charge in [-0.05, 0) is 47.3 Å². The van der Waals surface area contributed by atoms with E-state index in [9.17, 15) is 0 Å². The van der Waals surface area contributed by atoms with Crippen molar-refractivity contribution in [2.24, 2.45) is 47.3 Å². The summed E-state index contributed by atoms with van der Waals surface area (Å²) in [5.41, 5.74) is 0. The molecule has 15 heavy (non-hydrogen) atoms. The molecular weight excluding hydrogens is 180 g/mol. The summed E-state index contributed by atoms with van der Waals surface area (Å²) in [6.45, 7) is 14.7. The first-order valence-electron chi connectivity index (χ1n) is 7.00. The van der Waals surface area contributed by atoms with Crippen molar-refractivity contribution in [1.82, 2.24) is 0 Å². The summed E-state index contributed by atoms with van der Waals surface area (Å²) < 4.78 is 0. The predicted octanol–water partition coefficient (Wildman–Crippen LogP) is 4.45. The van der Waals surface area contributed by atoms with Crippen molar-refractivity contribution in [2.75, 3.05) is 0 Å². The van der Waals surface area contributed by atoms with Gasteiger partial charge in [-0.25, -0.2) is 0 Å². The fourth-order valence-corrected chi connectivity index (χ4v) is 4.74. The van der Waals surface area contributed by atoms with Crippen LogP contribution in [0.5, 0.6) is 0 Å². The minimum absolute atomic E-state index is 0.918. The highest BCUT2D eigenvalue weighted by Gasteiger charge is 2.62. The normalized spacial score (nSPS) is 52.4. The van der Waals surface area contributed by atoms with E-state index in [4.69, 9.17) is 0 Å². The number of hydrogen-bond acceptors (Lipinski definition) is 0. The van der Waals surface area contributed by atoms with Crippen molar-refractivity contribution in [1.29, 1.82) is 0 Å². The molecule has 2 aliphatic rings. The fraction of sp³-hybridized carbons (Fsp3) is 1.00. The van der Waals surface area contributed by atoms with E-state index < -0.39 is 0 Å². The second-order valence-electron chi connectivity index (χ2n) is 6.55. The molecule has 0 nitrogen and oxygen atoms in total. The molecule has 8 atom stereocenters. The van der Waals surface area contributed by atoms with Gasteiger partial charge in [0.25, 0.3) is 0 Å². The predicted molar refractivity (Wildman–Crippen MR) is 66.6 cm³/mol. The van der Waals surface area contributed by atoms with Gasteiger partial charge in [-0.15, -0.1) is 0 Å². The van der Waals surface area contributed by atoms with Crippen LogP contribution in [0.1, 0.15) is 48.0 Å². The molecule has 0 aromatic heterocycles. The Morgan fingerprint density at radius 1 is 0.867 bits per heavy atom. The van der Waals surface area contributed by atoms with E-state index in [1.807, 2.05) is 0 Å². The molecule has 0 aromatic rings. The third-order valence-electron chi connectivity index (χ3n) is 6.30. The van der Waals surface area contributed by atoms with Crippen molar-refractivity contribution in [3.05, 3.63) is 0 Å². The van der Waals surface area contributed by atoms with E-state index in [0.717, 1.165) is 47.3 Å². The largest absolute Gasteiger partial charge is 0.0651 e. The molecule has 0 heterocycles. The second-order valence-corrected chi connectivity index (χ2v) is 6.55. The molecule has 0 amide bonds. The molecule has 0 saturated heterocycles. The molecule has 2 aliphatic carbocycles. The summed E-state index contributed by atoms with van der Waals surface area (Å²) in [5.74, 6) is 8.08. The summed E-state index contributed by atoms with van der Waals surface area (Å²) in [6.07, 6.45) is 1.35. The lowest BCUT2D eigenvalue weighted by atomic mass is 9.37. The quantitative estimate of drug-likeness (QED) is 0.642. The molecule has 88 valence electrons. The molecule has 0 bridgehead atoms. The monoisotopic (exact) mass is 208 g/mol. The van der Waals surface area contributed by atoms with Crippen LogP contribution in [0.15, 0.2) is 0 Å². The van der Waals surface area contributed by atoms with Crippen molar-refractivity contribution in [3.8, 4) is 0 Å². The average Bonchev–Trinajstić information content (AvgIpc) is 2.23. The molecule has 0 heteroatoms. The molecular formula is C15H28. The van der Waals surface area contributed by atoms with Gasteiger partial charge in [-0.1, -0.05) is 48.0 Å². The average molecular weight is 208 g/mol. The minimum atomic E-state index is 0.918. The van der Waals surface area contributed by atoms with Crippen LogP contribution < -0.4 is 0 Å². The maximum atomic E-state index is 2.51. The Bertz CT molecular complexity index is 226. The van der Waals surface area contributed by atoms with Crippen LogP contribution in [0.4, 0.5) is 0 Å². The molecule has 2 saturated carbocycles. The summed E-state index contributed by atoms with van der Waals surface area (Å²) in [7, 11) is 0. The SMILES string of the molecule is CCC(C)C(C)C1C(C)C2C(C)C(C)C12. The van der Waals surface area contributed by atoms with Crippen LogP contribution in [0.2, 0.25) is 0 Å². The summed E-state index contributed by atoms with van der Waals surface area (Å²) in [6, 6.07) is 0. The molecule has 0 aromatic carbocycles. The van der Waals surface area contributed by atoms with E-state index in [2.05, 4.69) is 41.5 Å². The van der Waals surface area contributed by atoms with Gasteiger partial charge in [-0.3, -0.25) is 0 Å². The maximum absolute atomic E-state index is 2.51. The Labute approximate surface area is 95.8 Å². The van der Waals surface area contributed by atoms with Gasteiger partial charge < -0.3 is 0 Å². The van der Waals surface area contributed by atoms with Crippen LogP contribution in [0, 0.1) is 47.3 Å². The molecule has 2 fully saturated rings. The van der Waals surface area contributed by atoms with Crippen LogP contribution in [-0.4, -0.2) is 0 Å². The highest BCUT2D eigenvalue weighted by Crippen LogP contribution is 2.66. The number of fused-ring (bicyclic) bond motifs is 1. The minimum Gasteiger partial charge on any atom is -0.0651 e. The van der Waals surface area contributed by atoms with Gasteiger partial charge in [0, 0.05) is 0 Å². The lowest BCUT2D eigenvalue weighted by Gasteiger charge is -2.68. The first-order valence-corrected chi connectivity index (χ1v) is 7.00. The van der Waals surface area contributed by atoms with Gasteiger partial charge in [0.1, 0.15) is 0 Å². The van der Waals surface area contributed by atoms with E-state index in [-0.39, 0.29) is 0 Å². The van der Waals surface area contributed by atoms with Crippen LogP contribution in [0.3, 0.4) is 0 Å². The maximum Gasteiger partial charge on any atom is -0.0318 e. The number of hydrogen-bond donors (Lipinski definition) is 0. The van der Waals surface area contributed by atoms with Gasteiger partial charge in [-0.2, -0.15) is 0 Å². The van der Waals surface area contributed by atoms with Gasteiger partial charge >= 0.3 is 0 Å². The van der Waals surface area contributed by atoms with E-state index in [1.165, 1.54) is 6.42 Å². The molecule has 2 rings (SSSR count). The Kier molecular flexibility index (Phi) is 2.90. The highest BCUT2D eigenvalue weighted by molar-refractivity contribution is 5.09. The lowest BCUT2D eigenvalue weighted by Crippen LogP contribution is -2.64. The zero-order valence-corrected chi connectivity index (χ0v) is 11.3. The third-order valence-corrected chi connectivity index (χ3v) is 6.30. The first kappa shape index (κ1) is 11.5. The van der Waals surface area contributed by atoms with E-state index in [0.29, 0.717) is 0 Å². The molecule has 0 spiro atoms. The van der Waals surface area contributed by atoms with Gasteiger partial charge in [0.2, 0.25) is 0 Å². The van der Waals surface area contributed by atoms with E-state index >= 15 is 0 Å². The van der Waals surface area contributed by atoms with Crippen molar-refractivity contribution in [3.63, 3.8) is 0 Å². The van der Waals surface area contributed by atoms with Crippen LogP contribution in [-0.2, 0) is 0 Å². The highest BCUT2D eigenvalue weighted by atomic mass is 14.7. The topological polar surface area (TPSA) is 0 Å². The van der Waals surface area contributed by atoms with Crippen molar-refractivity contribution < 1.29 is 0 Å². The molecule has 0 N–H and O–H groups in total. The third kappa shape index (κ3) is 1.40. The van der Waals surface area contributed by atoms with Gasteiger partial charge in [0.05, 0.1) is 0 Å². The Balaban J connectivity index is 2.01. The van der Waals surface area contributed by atoms with Gasteiger partial charge in [0.15, 0.2) is 0 Å². The Hall–Kier alpha value is 0.